The second-order valence-corrected chi connectivity index (χ2v) is 6.43. The van der Waals surface area contributed by atoms with Crippen LogP contribution in [0.4, 0.5) is 0 Å². The highest BCUT2D eigenvalue weighted by atomic mass is 15.3. The SMILES string of the molecule is CCNC(=NCCCn1cccn1)NC1CCN(C(C)C)CC1. The number of guanidine groups is 1. The van der Waals surface area contributed by atoms with Crippen molar-refractivity contribution in [3.8, 4) is 0 Å². The molecule has 1 saturated heterocycles. The van der Waals surface area contributed by atoms with Crippen molar-refractivity contribution in [2.75, 3.05) is 26.2 Å². The molecule has 1 fully saturated rings. The van der Waals surface area contributed by atoms with Crippen molar-refractivity contribution in [3.05, 3.63) is 18.5 Å². The average molecular weight is 320 g/mol. The first-order chi connectivity index (χ1) is 11.2. The van der Waals surface area contributed by atoms with Crippen LogP contribution in [-0.2, 0) is 6.54 Å². The number of nitrogens with one attached hydrogen (secondary N) is 2. The highest BCUT2D eigenvalue weighted by molar-refractivity contribution is 5.80. The molecule has 130 valence electrons. The van der Waals surface area contributed by atoms with E-state index in [0.717, 1.165) is 32.0 Å². The molecule has 0 aliphatic carbocycles. The van der Waals surface area contributed by atoms with Crippen LogP contribution in [0.2, 0.25) is 0 Å². The zero-order chi connectivity index (χ0) is 16.5. The fourth-order valence-corrected chi connectivity index (χ4v) is 2.93. The minimum absolute atomic E-state index is 0.536. The van der Waals surface area contributed by atoms with Gasteiger partial charge in [-0.05, 0) is 46.1 Å². The first-order valence-electron chi connectivity index (χ1n) is 8.95. The molecule has 0 amide bonds. The Morgan fingerprint density at radius 3 is 2.74 bits per heavy atom. The van der Waals surface area contributed by atoms with Gasteiger partial charge < -0.3 is 15.5 Å². The number of likely N-dealkylation sites (tertiary alicyclic amines) is 1. The van der Waals surface area contributed by atoms with Crippen LogP contribution in [0.5, 0.6) is 0 Å². The quantitative estimate of drug-likeness (QED) is 0.456. The standard InChI is InChI=1S/C17H32N6/c1-4-18-17(19-9-5-11-23-12-6-10-20-23)21-16-7-13-22(14-8-16)15(2)3/h6,10,12,15-16H,4-5,7-9,11,13-14H2,1-3H3,(H2,18,19,21). The van der Waals surface area contributed by atoms with Gasteiger partial charge in [-0.2, -0.15) is 5.10 Å². The summed E-state index contributed by atoms with van der Waals surface area (Å²) in [5.74, 6) is 0.955. The lowest BCUT2D eigenvalue weighted by Crippen LogP contribution is -2.49. The highest BCUT2D eigenvalue weighted by Crippen LogP contribution is 2.12. The molecule has 2 rings (SSSR count). The van der Waals surface area contributed by atoms with Crippen molar-refractivity contribution in [2.45, 2.75) is 58.7 Å². The smallest absolute Gasteiger partial charge is 0.191 e. The predicted molar refractivity (Wildman–Crippen MR) is 95.7 cm³/mol. The third-order valence-electron chi connectivity index (χ3n) is 4.32. The summed E-state index contributed by atoms with van der Waals surface area (Å²) in [6.45, 7) is 11.7. The average Bonchev–Trinajstić information content (AvgIpc) is 3.05. The number of aliphatic imine (C=N–C) groups is 1. The first kappa shape index (κ1) is 17.8. The maximum atomic E-state index is 4.70. The highest BCUT2D eigenvalue weighted by Gasteiger charge is 2.21. The Morgan fingerprint density at radius 1 is 1.35 bits per heavy atom. The number of hydrogen-bond donors (Lipinski definition) is 2. The number of aromatic nitrogens is 2. The summed E-state index contributed by atoms with van der Waals surface area (Å²) >= 11 is 0. The van der Waals surface area contributed by atoms with E-state index in [1.807, 2.05) is 23.1 Å². The van der Waals surface area contributed by atoms with Gasteiger partial charge in [-0.3, -0.25) is 9.67 Å². The first-order valence-corrected chi connectivity index (χ1v) is 8.95. The van der Waals surface area contributed by atoms with Crippen LogP contribution in [-0.4, -0.2) is 58.9 Å². The van der Waals surface area contributed by atoms with Gasteiger partial charge in [0.15, 0.2) is 5.96 Å². The monoisotopic (exact) mass is 320 g/mol. The topological polar surface area (TPSA) is 57.5 Å². The van der Waals surface area contributed by atoms with E-state index >= 15 is 0 Å². The van der Waals surface area contributed by atoms with E-state index in [1.165, 1.54) is 25.9 Å². The molecule has 6 nitrogen and oxygen atoms in total. The molecular weight excluding hydrogens is 288 g/mol. The fraction of sp³-hybridized carbons (Fsp3) is 0.765. The Hall–Kier alpha value is -1.56. The largest absolute Gasteiger partial charge is 0.357 e. The molecule has 0 bridgehead atoms. The number of hydrogen-bond acceptors (Lipinski definition) is 3. The summed E-state index contributed by atoms with van der Waals surface area (Å²) in [7, 11) is 0. The van der Waals surface area contributed by atoms with Gasteiger partial charge in [0.05, 0.1) is 0 Å². The van der Waals surface area contributed by atoms with Crippen LogP contribution in [0.3, 0.4) is 0 Å². The van der Waals surface area contributed by atoms with E-state index in [-0.39, 0.29) is 0 Å². The van der Waals surface area contributed by atoms with E-state index < -0.39 is 0 Å². The number of nitrogens with zero attached hydrogens (tertiary/aromatic N) is 4. The summed E-state index contributed by atoms with van der Waals surface area (Å²) in [5, 5.41) is 11.2. The summed E-state index contributed by atoms with van der Waals surface area (Å²) < 4.78 is 1.96. The van der Waals surface area contributed by atoms with E-state index in [2.05, 4.69) is 41.4 Å². The van der Waals surface area contributed by atoms with Crippen LogP contribution in [0.1, 0.15) is 40.0 Å². The fourth-order valence-electron chi connectivity index (χ4n) is 2.93. The van der Waals surface area contributed by atoms with E-state index in [1.54, 1.807) is 0 Å². The van der Waals surface area contributed by atoms with Gasteiger partial charge in [0, 0.05) is 57.2 Å². The molecule has 0 atom stereocenters. The van der Waals surface area contributed by atoms with Gasteiger partial charge in [-0.15, -0.1) is 0 Å². The molecule has 23 heavy (non-hydrogen) atoms. The summed E-state index contributed by atoms with van der Waals surface area (Å²) in [4.78, 5) is 7.25. The molecule has 1 aliphatic rings. The second-order valence-electron chi connectivity index (χ2n) is 6.43. The predicted octanol–water partition coefficient (Wildman–Crippen LogP) is 1.70. The van der Waals surface area contributed by atoms with Crippen LogP contribution in [0, 0.1) is 0 Å². The molecule has 6 heteroatoms. The summed E-state index contributed by atoms with van der Waals surface area (Å²) in [5.41, 5.74) is 0. The molecule has 0 radical (unpaired) electrons. The zero-order valence-electron chi connectivity index (χ0n) is 14.8. The lowest BCUT2D eigenvalue weighted by molar-refractivity contribution is 0.167. The summed E-state index contributed by atoms with van der Waals surface area (Å²) in [6, 6.07) is 3.15. The molecule has 1 aromatic heterocycles. The molecular formula is C17H32N6. The Kier molecular flexibility index (Phi) is 7.39. The van der Waals surface area contributed by atoms with Crippen LogP contribution in [0.15, 0.2) is 23.5 Å². The third-order valence-corrected chi connectivity index (χ3v) is 4.32. The van der Waals surface area contributed by atoms with Gasteiger partial charge >= 0.3 is 0 Å². The Morgan fingerprint density at radius 2 is 2.13 bits per heavy atom. The number of aryl methyl sites for hydroxylation is 1. The van der Waals surface area contributed by atoms with Crippen LogP contribution >= 0.6 is 0 Å². The van der Waals surface area contributed by atoms with Gasteiger partial charge in [0.25, 0.3) is 0 Å². The van der Waals surface area contributed by atoms with Crippen molar-refractivity contribution in [1.29, 1.82) is 0 Å². The van der Waals surface area contributed by atoms with Crippen LogP contribution in [0.25, 0.3) is 0 Å². The lowest BCUT2D eigenvalue weighted by atomic mass is 10.0. The molecule has 0 spiro atoms. The molecule has 1 aromatic rings. The van der Waals surface area contributed by atoms with E-state index in [9.17, 15) is 0 Å². The van der Waals surface area contributed by atoms with E-state index in [4.69, 9.17) is 4.99 Å². The van der Waals surface area contributed by atoms with Gasteiger partial charge in [0.2, 0.25) is 0 Å². The van der Waals surface area contributed by atoms with Crippen molar-refractivity contribution in [3.63, 3.8) is 0 Å². The number of rotatable bonds is 7. The summed E-state index contributed by atoms with van der Waals surface area (Å²) in [6.07, 6.45) is 7.20. The molecule has 0 unspecified atom stereocenters. The van der Waals surface area contributed by atoms with Gasteiger partial charge in [-0.1, -0.05) is 0 Å². The zero-order valence-corrected chi connectivity index (χ0v) is 14.8. The maximum absolute atomic E-state index is 4.70. The molecule has 2 heterocycles. The van der Waals surface area contributed by atoms with E-state index in [0.29, 0.717) is 12.1 Å². The molecule has 0 saturated carbocycles. The molecule has 1 aliphatic heterocycles. The van der Waals surface area contributed by atoms with Crippen molar-refractivity contribution in [2.24, 2.45) is 4.99 Å². The minimum Gasteiger partial charge on any atom is -0.357 e. The Bertz CT molecular complexity index is 446. The molecule has 0 aromatic carbocycles. The normalized spacial score (nSPS) is 17.7. The van der Waals surface area contributed by atoms with Gasteiger partial charge in [0.1, 0.15) is 0 Å². The maximum Gasteiger partial charge on any atom is 0.191 e. The van der Waals surface area contributed by atoms with Crippen molar-refractivity contribution in [1.82, 2.24) is 25.3 Å². The third kappa shape index (κ3) is 6.22. The molecule has 2 N–H and O–H groups in total. The van der Waals surface area contributed by atoms with Crippen molar-refractivity contribution < 1.29 is 0 Å². The Labute approximate surface area is 140 Å². The number of piperidine rings is 1. The lowest BCUT2D eigenvalue weighted by Gasteiger charge is -2.35. The second kappa shape index (κ2) is 9.55. The Balaban J connectivity index is 1.73. The van der Waals surface area contributed by atoms with Crippen molar-refractivity contribution >= 4 is 5.96 Å². The minimum atomic E-state index is 0.536. The van der Waals surface area contributed by atoms with Crippen LogP contribution < -0.4 is 10.6 Å². The van der Waals surface area contributed by atoms with Gasteiger partial charge in [-0.25, -0.2) is 0 Å².